The average Bonchev–Trinajstić information content (AvgIpc) is 4.18. The zero-order valence-corrected chi connectivity index (χ0v) is 35.3. The molecule has 2 aliphatic heterocycles. The van der Waals surface area contributed by atoms with E-state index in [4.69, 9.17) is 19.4 Å². The smallest absolute Gasteiger partial charge is 0.407 e. The predicted molar refractivity (Wildman–Crippen MR) is 230 cm³/mol. The molecule has 14 heteroatoms. The van der Waals surface area contributed by atoms with Gasteiger partial charge in [0.05, 0.1) is 38.2 Å². The Kier molecular flexibility index (Phi) is 11.3. The summed E-state index contributed by atoms with van der Waals surface area (Å²) in [6.45, 7) is 1.16. The predicted octanol–water partition coefficient (Wildman–Crippen LogP) is 7.87. The third-order valence-corrected chi connectivity index (χ3v) is 14.2. The fourth-order valence-corrected chi connectivity index (χ4v) is 10.6. The van der Waals surface area contributed by atoms with E-state index in [9.17, 15) is 19.2 Å². The molecule has 3 saturated carbocycles. The number of imidazole rings is 2. The molecule has 4 atom stereocenters. The Morgan fingerprint density at radius 1 is 0.629 bits per heavy atom. The first-order valence-corrected chi connectivity index (χ1v) is 21.8. The summed E-state index contributed by atoms with van der Waals surface area (Å²) in [7, 11) is 2.59. The number of nitrogens with zero attached hydrogens (tertiary/aromatic N) is 4. The number of fused-ring (bicyclic) bond motifs is 3. The van der Waals surface area contributed by atoms with Crippen molar-refractivity contribution in [3.05, 3.63) is 131 Å². The van der Waals surface area contributed by atoms with E-state index in [0.29, 0.717) is 24.2 Å². The van der Waals surface area contributed by atoms with E-state index in [1.165, 1.54) is 19.8 Å². The molecule has 0 radical (unpaired) electrons. The van der Waals surface area contributed by atoms with Gasteiger partial charge in [0.15, 0.2) is 0 Å². The number of hydrogen-bond donors (Lipinski definition) is 4. The Morgan fingerprint density at radius 2 is 1.10 bits per heavy atom. The molecule has 2 aromatic heterocycles. The maximum atomic E-state index is 14.1. The van der Waals surface area contributed by atoms with Gasteiger partial charge in [0.25, 0.3) is 11.8 Å². The molecule has 5 aromatic rings. The maximum Gasteiger partial charge on any atom is 0.407 e. The van der Waals surface area contributed by atoms with Crippen LogP contribution in [0.5, 0.6) is 0 Å². The van der Waals surface area contributed by atoms with Gasteiger partial charge in [0.2, 0.25) is 0 Å². The first kappa shape index (κ1) is 40.9. The van der Waals surface area contributed by atoms with Crippen molar-refractivity contribution in [2.45, 2.75) is 99.2 Å². The number of likely N-dealkylation sites (tertiary alicyclic amines) is 2. The van der Waals surface area contributed by atoms with Crippen LogP contribution in [0.1, 0.15) is 122 Å². The third-order valence-electron chi connectivity index (χ3n) is 14.2. The van der Waals surface area contributed by atoms with Gasteiger partial charge in [-0.25, -0.2) is 19.6 Å². The summed E-state index contributed by atoms with van der Waals surface area (Å²) in [6, 6.07) is 25.3. The number of carbonyl (C=O) groups excluding carboxylic acids is 4. The van der Waals surface area contributed by atoms with Crippen molar-refractivity contribution in [1.29, 1.82) is 0 Å². The lowest BCUT2D eigenvalue weighted by Gasteiger charge is -2.53. The van der Waals surface area contributed by atoms with Gasteiger partial charge in [-0.3, -0.25) is 9.59 Å². The van der Waals surface area contributed by atoms with Gasteiger partial charge in [0, 0.05) is 30.4 Å². The number of aromatic amines is 2. The summed E-state index contributed by atoms with van der Waals surface area (Å²) in [4.78, 5) is 73.2. The van der Waals surface area contributed by atoms with Crippen molar-refractivity contribution in [2.24, 2.45) is 0 Å². The summed E-state index contributed by atoms with van der Waals surface area (Å²) in [6.07, 6.45) is 12.2. The van der Waals surface area contributed by atoms with Crippen molar-refractivity contribution in [2.75, 3.05) is 27.3 Å². The number of aromatic nitrogens is 4. The van der Waals surface area contributed by atoms with Crippen LogP contribution in [-0.2, 0) is 29.9 Å². The molecule has 3 aromatic carbocycles. The van der Waals surface area contributed by atoms with Gasteiger partial charge in [-0.05, 0) is 91.9 Å². The molecule has 62 heavy (non-hydrogen) atoms. The Morgan fingerprint density at radius 3 is 1.60 bits per heavy atom. The number of alkyl carbamates (subject to hydrolysis) is 2. The van der Waals surface area contributed by atoms with Crippen molar-refractivity contribution in [3.63, 3.8) is 0 Å². The van der Waals surface area contributed by atoms with E-state index in [0.717, 1.165) is 92.8 Å². The molecule has 4 N–H and O–H groups in total. The SMILES string of the molecule is COC(=O)N[C@@H](C(=O)N1CCC[C@H]1c1ncc(-c2ccc(C34CCC(c5cnc([C@@H]6CCCN6C(=O)[C@H](NC(=O)OC)c6ccccc6)[nH]5)(CC3)CC4)cc2)[nH]1)c1ccccc1. The van der Waals surface area contributed by atoms with Gasteiger partial charge in [-0.15, -0.1) is 0 Å². The van der Waals surface area contributed by atoms with Gasteiger partial charge in [-0.1, -0.05) is 84.9 Å². The number of rotatable bonds is 11. The number of H-pyrrole nitrogens is 2. The number of benzene rings is 3. The Bertz CT molecular complexity index is 2370. The van der Waals surface area contributed by atoms with Crippen LogP contribution in [0.25, 0.3) is 11.3 Å². The number of carbonyl (C=O) groups is 4. The Hall–Kier alpha value is -6.44. The first-order chi connectivity index (χ1) is 30.2. The molecular formula is C48H54N8O6. The van der Waals surface area contributed by atoms with Crippen LogP contribution in [0, 0.1) is 0 Å². The molecule has 2 saturated heterocycles. The number of methoxy groups -OCH3 is 2. The van der Waals surface area contributed by atoms with Crippen molar-refractivity contribution in [1.82, 2.24) is 40.4 Å². The normalized spacial score (nSPS) is 24.0. The molecule has 5 fully saturated rings. The monoisotopic (exact) mass is 838 g/mol. The van der Waals surface area contributed by atoms with Gasteiger partial charge in [0.1, 0.15) is 23.7 Å². The highest BCUT2D eigenvalue weighted by Gasteiger charge is 2.51. The zero-order valence-electron chi connectivity index (χ0n) is 35.3. The van der Waals surface area contributed by atoms with Crippen molar-refractivity contribution < 1.29 is 28.7 Å². The standard InChI is InChI=1S/C48H54N8O6/c1-61-45(59)53-39(32-11-5-3-6-12-32)43(57)55-27-9-15-36(55)41-49-29-35(51-41)31-17-19-34(20-18-31)47-21-24-48(25-22-47,26-23-47)38-30-50-42(52-38)37-16-10-28-56(37)44(58)40(54-46(60)62-2)33-13-7-4-8-14-33/h3-8,11-14,17-20,29-30,36-37,39-40H,9-10,15-16,21-28H2,1-2H3,(H,49,51)(H,50,52)(H,53,59)(H,54,60)/t36-,37-,39+,40+,47?,48?/m0/s1. The number of nitrogens with one attached hydrogen (secondary N) is 4. The van der Waals surface area contributed by atoms with Crippen LogP contribution in [0.2, 0.25) is 0 Å². The minimum atomic E-state index is -0.870. The fraction of sp³-hybridized carbons (Fsp3) is 0.417. The van der Waals surface area contributed by atoms with E-state index < -0.39 is 24.3 Å². The minimum absolute atomic E-state index is 0.0255. The second-order valence-electron chi connectivity index (χ2n) is 17.3. The molecule has 14 nitrogen and oxygen atoms in total. The first-order valence-electron chi connectivity index (χ1n) is 21.8. The lowest BCUT2D eigenvalue weighted by Crippen LogP contribution is -2.46. The molecule has 0 spiro atoms. The van der Waals surface area contributed by atoms with Crippen LogP contribution >= 0.6 is 0 Å². The molecule has 10 rings (SSSR count). The van der Waals surface area contributed by atoms with E-state index in [-0.39, 0.29) is 34.7 Å². The molecule has 322 valence electrons. The molecule has 3 aliphatic carbocycles. The van der Waals surface area contributed by atoms with Crippen LogP contribution in [-0.4, -0.2) is 81.0 Å². The molecule has 5 aliphatic rings. The number of ether oxygens (including phenoxy) is 2. The second kappa shape index (κ2) is 17.1. The molecular weight excluding hydrogens is 785 g/mol. The quantitative estimate of drug-likeness (QED) is 0.104. The summed E-state index contributed by atoms with van der Waals surface area (Å²) in [5.74, 6) is 1.17. The Balaban J connectivity index is 0.852. The number of hydrogen-bond acceptors (Lipinski definition) is 8. The van der Waals surface area contributed by atoms with Crippen LogP contribution in [0.4, 0.5) is 9.59 Å². The van der Waals surface area contributed by atoms with E-state index >= 15 is 0 Å². The molecule has 2 bridgehead atoms. The topological polar surface area (TPSA) is 175 Å². The summed E-state index contributed by atoms with van der Waals surface area (Å²) in [5, 5.41) is 5.49. The highest BCUT2D eigenvalue weighted by Crippen LogP contribution is 2.58. The molecule has 4 amide bonds. The highest BCUT2D eigenvalue weighted by molar-refractivity contribution is 5.88. The van der Waals surface area contributed by atoms with E-state index in [2.05, 4.69) is 44.9 Å². The largest absolute Gasteiger partial charge is 0.453 e. The summed E-state index contributed by atoms with van der Waals surface area (Å²) < 4.78 is 9.72. The lowest BCUT2D eigenvalue weighted by atomic mass is 9.51. The molecule has 0 unspecified atom stereocenters. The average molecular weight is 839 g/mol. The Labute approximate surface area is 361 Å². The minimum Gasteiger partial charge on any atom is -0.453 e. The van der Waals surface area contributed by atoms with Crippen molar-refractivity contribution in [3.8, 4) is 11.3 Å². The number of amides is 4. The zero-order chi connectivity index (χ0) is 42.8. The maximum absolute atomic E-state index is 14.1. The third kappa shape index (κ3) is 7.71. The van der Waals surface area contributed by atoms with Crippen LogP contribution < -0.4 is 10.6 Å². The van der Waals surface area contributed by atoms with Gasteiger partial charge < -0.3 is 39.9 Å². The molecule has 4 heterocycles. The van der Waals surface area contributed by atoms with Crippen LogP contribution in [0.3, 0.4) is 0 Å². The van der Waals surface area contributed by atoms with E-state index in [1.807, 2.05) is 82.9 Å². The second-order valence-corrected chi connectivity index (χ2v) is 17.3. The summed E-state index contributed by atoms with van der Waals surface area (Å²) >= 11 is 0. The van der Waals surface area contributed by atoms with Crippen molar-refractivity contribution >= 4 is 24.0 Å². The van der Waals surface area contributed by atoms with Gasteiger partial charge in [-0.2, -0.15) is 0 Å². The van der Waals surface area contributed by atoms with Gasteiger partial charge >= 0.3 is 12.2 Å². The van der Waals surface area contributed by atoms with E-state index in [1.54, 1.807) is 0 Å². The van der Waals surface area contributed by atoms with Crippen LogP contribution in [0.15, 0.2) is 97.3 Å². The fourth-order valence-electron chi connectivity index (χ4n) is 10.6. The lowest BCUT2D eigenvalue weighted by molar-refractivity contribution is -0.135. The highest BCUT2D eigenvalue weighted by atomic mass is 16.5. The summed E-state index contributed by atoms with van der Waals surface area (Å²) in [5.41, 5.74) is 6.01.